The lowest BCUT2D eigenvalue weighted by molar-refractivity contribution is -0.914. The van der Waals surface area contributed by atoms with Gasteiger partial charge >= 0.3 is 5.63 Å². The highest BCUT2D eigenvalue weighted by Gasteiger charge is 2.22. The molecule has 0 unspecified atom stereocenters. The van der Waals surface area contributed by atoms with Gasteiger partial charge in [0.05, 0.1) is 38.7 Å². The first-order chi connectivity index (χ1) is 13.5. The summed E-state index contributed by atoms with van der Waals surface area (Å²) in [5.41, 5.74) is 2.99. The zero-order valence-corrected chi connectivity index (χ0v) is 16.2. The fraction of sp³-hybridized carbons (Fsp3) is 0.318. The van der Waals surface area contributed by atoms with Crippen LogP contribution in [-0.2, 0) is 6.54 Å². The van der Waals surface area contributed by atoms with E-state index < -0.39 is 0 Å². The van der Waals surface area contributed by atoms with Gasteiger partial charge in [-0.1, -0.05) is 0 Å². The number of nitrogens with zero attached hydrogens (tertiary/aromatic N) is 1. The van der Waals surface area contributed by atoms with Crippen molar-refractivity contribution in [2.75, 3.05) is 38.2 Å². The molecule has 0 radical (unpaired) electrons. The van der Waals surface area contributed by atoms with Gasteiger partial charge in [0.2, 0.25) is 0 Å². The van der Waals surface area contributed by atoms with E-state index in [-0.39, 0.29) is 11.4 Å². The molecule has 0 spiro atoms. The van der Waals surface area contributed by atoms with E-state index in [0.717, 1.165) is 43.1 Å². The normalized spacial score (nSPS) is 15.1. The van der Waals surface area contributed by atoms with Crippen molar-refractivity contribution in [2.45, 2.75) is 13.5 Å². The number of fused-ring (bicyclic) bond motifs is 1. The molecular formula is C22H25N2O4+. The van der Waals surface area contributed by atoms with Gasteiger partial charge in [-0.2, -0.15) is 0 Å². The van der Waals surface area contributed by atoms with E-state index in [4.69, 9.17) is 9.15 Å². The van der Waals surface area contributed by atoms with Crippen molar-refractivity contribution in [1.82, 2.24) is 0 Å². The SMILES string of the molecule is COc1ccc(N2CC[NH+](Cc3cc(=O)oc4cc(C)cc(O)c34)CC2)cc1. The van der Waals surface area contributed by atoms with Gasteiger partial charge in [0, 0.05) is 17.3 Å². The molecule has 4 rings (SSSR count). The molecule has 0 atom stereocenters. The average Bonchev–Trinajstić information content (AvgIpc) is 2.68. The monoisotopic (exact) mass is 381 g/mol. The second-order valence-electron chi connectivity index (χ2n) is 7.36. The predicted molar refractivity (Wildman–Crippen MR) is 108 cm³/mol. The minimum atomic E-state index is -0.372. The van der Waals surface area contributed by atoms with Gasteiger partial charge in [0.15, 0.2) is 0 Å². The second-order valence-corrected chi connectivity index (χ2v) is 7.36. The lowest BCUT2D eigenvalue weighted by Gasteiger charge is -2.33. The Kier molecular flexibility index (Phi) is 4.96. The number of hydrogen-bond acceptors (Lipinski definition) is 5. The summed E-state index contributed by atoms with van der Waals surface area (Å²) >= 11 is 0. The molecule has 2 N–H and O–H groups in total. The van der Waals surface area contributed by atoms with Gasteiger partial charge in [-0.3, -0.25) is 0 Å². The number of anilines is 1. The molecule has 6 nitrogen and oxygen atoms in total. The van der Waals surface area contributed by atoms with Gasteiger partial charge in [-0.25, -0.2) is 4.79 Å². The molecule has 0 amide bonds. The lowest BCUT2D eigenvalue weighted by atomic mass is 10.1. The number of piperazine rings is 1. The van der Waals surface area contributed by atoms with E-state index in [1.54, 1.807) is 19.2 Å². The van der Waals surface area contributed by atoms with Crippen molar-refractivity contribution in [2.24, 2.45) is 0 Å². The third-order valence-corrected chi connectivity index (χ3v) is 5.40. The zero-order valence-electron chi connectivity index (χ0n) is 16.2. The number of aromatic hydroxyl groups is 1. The Morgan fingerprint density at radius 2 is 1.86 bits per heavy atom. The maximum absolute atomic E-state index is 12.0. The van der Waals surface area contributed by atoms with E-state index in [9.17, 15) is 9.90 Å². The van der Waals surface area contributed by atoms with Crippen LogP contribution in [0.25, 0.3) is 11.0 Å². The summed E-state index contributed by atoms with van der Waals surface area (Å²) in [6, 6.07) is 13.2. The summed E-state index contributed by atoms with van der Waals surface area (Å²) in [5, 5.41) is 11.0. The number of hydrogen-bond donors (Lipinski definition) is 2. The average molecular weight is 381 g/mol. The van der Waals surface area contributed by atoms with Gasteiger partial charge < -0.3 is 24.1 Å². The highest BCUT2D eigenvalue weighted by Crippen LogP contribution is 2.28. The molecule has 1 aliphatic heterocycles. The van der Waals surface area contributed by atoms with Crippen LogP contribution in [0.1, 0.15) is 11.1 Å². The molecule has 6 heteroatoms. The summed E-state index contributed by atoms with van der Waals surface area (Å²) in [6.07, 6.45) is 0. The van der Waals surface area contributed by atoms with Crippen molar-refractivity contribution in [3.05, 3.63) is 64.0 Å². The van der Waals surface area contributed by atoms with Crippen LogP contribution < -0.4 is 20.2 Å². The van der Waals surface area contributed by atoms with Crippen LogP contribution in [0.3, 0.4) is 0 Å². The first kappa shape index (κ1) is 18.4. The van der Waals surface area contributed by atoms with E-state index in [2.05, 4.69) is 17.0 Å². The number of rotatable bonds is 4. The predicted octanol–water partition coefficient (Wildman–Crippen LogP) is 1.72. The van der Waals surface area contributed by atoms with Crippen molar-refractivity contribution in [3.8, 4) is 11.5 Å². The van der Waals surface area contributed by atoms with Crippen LogP contribution in [-0.4, -0.2) is 38.4 Å². The quantitative estimate of drug-likeness (QED) is 0.674. The highest BCUT2D eigenvalue weighted by atomic mass is 16.5. The Morgan fingerprint density at radius 1 is 1.14 bits per heavy atom. The van der Waals surface area contributed by atoms with Crippen LogP contribution in [0, 0.1) is 6.92 Å². The second kappa shape index (κ2) is 7.56. The van der Waals surface area contributed by atoms with Crippen molar-refractivity contribution in [3.63, 3.8) is 0 Å². The van der Waals surface area contributed by atoms with E-state index in [0.29, 0.717) is 17.5 Å². The van der Waals surface area contributed by atoms with Crippen molar-refractivity contribution >= 4 is 16.7 Å². The summed E-state index contributed by atoms with van der Waals surface area (Å²) in [6.45, 7) is 6.35. The molecule has 2 heterocycles. The van der Waals surface area contributed by atoms with Gasteiger partial charge in [-0.05, 0) is 48.9 Å². The number of ether oxygens (including phenoxy) is 1. The van der Waals surface area contributed by atoms with Gasteiger partial charge in [0.25, 0.3) is 0 Å². The Morgan fingerprint density at radius 3 is 2.54 bits per heavy atom. The minimum absolute atomic E-state index is 0.171. The van der Waals surface area contributed by atoms with E-state index in [1.807, 2.05) is 19.1 Å². The minimum Gasteiger partial charge on any atom is -0.507 e. The van der Waals surface area contributed by atoms with Crippen LogP contribution in [0.4, 0.5) is 5.69 Å². The molecule has 28 heavy (non-hydrogen) atoms. The molecule has 1 aromatic heterocycles. The van der Waals surface area contributed by atoms with Crippen molar-refractivity contribution in [1.29, 1.82) is 0 Å². The molecule has 1 aliphatic rings. The van der Waals surface area contributed by atoms with Gasteiger partial charge in [-0.15, -0.1) is 0 Å². The van der Waals surface area contributed by atoms with E-state index >= 15 is 0 Å². The van der Waals surface area contributed by atoms with Crippen LogP contribution >= 0.6 is 0 Å². The van der Waals surface area contributed by atoms with Gasteiger partial charge in [0.1, 0.15) is 23.6 Å². The number of phenols is 1. The molecule has 146 valence electrons. The third-order valence-electron chi connectivity index (χ3n) is 5.40. The Labute approximate surface area is 163 Å². The number of benzene rings is 2. The topological polar surface area (TPSA) is 67.4 Å². The van der Waals surface area contributed by atoms with Crippen LogP contribution in [0.15, 0.2) is 51.7 Å². The zero-order chi connectivity index (χ0) is 19.7. The summed E-state index contributed by atoms with van der Waals surface area (Å²) < 4.78 is 10.5. The Hall–Kier alpha value is -2.99. The molecule has 3 aromatic rings. The maximum Gasteiger partial charge on any atom is 0.336 e. The first-order valence-electron chi connectivity index (χ1n) is 9.52. The molecular weight excluding hydrogens is 356 g/mol. The summed E-state index contributed by atoms with van der Waals surface area (Å²) in [4.78, 5) is 15.7. The number of phenolic OH excluding ortho intramolecular Hbond substituents is 1. The molecule has 1 saturated heterocycles. The Balaban J connectivity index is 1.50. The van der Waals surface area contributed by atoms with Crippen LogP contribution in [0.5, 0.6) is 11.5 Å². The fourth-order valence-electron chi connectivity index (χ4n) is 3.95. The lowest BCUT2D eigenvalue weighted by Crippen LogP contribution is -3.13. The smallest absolute Gasteiger partial charge is 0.336 e. The molecule has 0 bridgehead atoms. The standard InChI is InChI=1S/C22H24N2O4/c1-15-11-19(25)22-16(13-21(26)28-20(22)12-15)14-23-7-9-24(10-8-23)17-3-5-18(27-2)6-4-17/h3-6,11-13,25H,7-10,14H2,1-2H3/p+1. The van der Waals surface area contributed by atoms with E-state index in [1.165, 1.54) is 16.7 Å². The fourth-order valence-corrected chi connectivity index (χ4v) is 3.95. The summed E-state index contributed by atoms with van der Waals surface area (Å²) in [7, 11) is 1.67. The molecule has 0 aliphatic carbocycles. The number of aryl methyl sites for hydroxylation is 1. The largest absolute Gasteiger partial charge is 0.507 e. The molecule has 0 saturated carbocycles. The third kappa shape index (κ3) is 3.68. The number of methoxy groups -OCH3 is 1. The molecule has 2 aromatic carbocycles. The highest BCUT2D eigenvalue weighted by molar-refractivity contribution is 5.87. The number of nitrogens with one attached hydrogen (secondary N) is 1. The van der Waals surface area contributed by atoms with Crippen molar-refractivity contribution < 1.29 is 19.2 Å². The summed E-state index contributed by atoms with van der Waals surface area (Å²) in [5.74, 6) is 1.03. The maximum atomic E-state index is 12.0. The molecule has 1 fully saturated rings. The Bertz CT molecular complexity index is 1030. The van der Waals surface area contributed by atoms with Crippen LogP contribution in [0.2, 0.25) is 0 Å². The first-order valence-corrected chi connectivity index (χ1v) is 9.52. The number of quaternary nitrogens is 1.